The van der Waals surface area contributed by atoms with Gasteiger partial charge >= 0.3 is 0 Å². The molecule has 2 aromatic heterocycles. The third-order valence-electron chi connectivity index (χ3n) is 9.66. The summed E-state index contributed by atoms with van der Waals surface area (Å²) in [5.41, 5.74) is 14.5. The van der Waals surface area contributed by atoms with E-state index >= 15 is 0 Å². The van der Waals surface area contributed by atoms with Crippen LogP contribution < -0.4 is 16.2 Å². The number of allylic oxidation sites excluding steroid dienone is 1. The number of hydrogen-bond donors (Lipinski definition) is 3. The summed E-state index contributed by atoms with van der Waals surface area (Å²) in [6.07, 6.45) is 8.71. The maximum atomic E-state index is 13.4. The van der Waals surface area contributed by atoms with Crippen molar-refractivity contribution < 1.29 is 0 Å². The highest BCUT2D eigenvalue weighted by molar-refractivity contribution is 5.94. The summed E-state index contributed by atoms with van der Waals surface area (Å²) in [7, 11) is 0. The number of nitrogens with zero attached hydrogens (tertiary/aromatic N) is 3. The number of H-pyrrole nitrogens is 2. The first-order valence-corrected chi connectivity index (χ1v) is 13.4. The molecule has 0 unspecified atom stereocenters. The Labute approximate surface area is 214 Å². The van der Waals surface area contributed by atoms with Gasteiger partial charge < -0.3 is 10.6 Å². The fraction of sp³-hybridized carbons (Fsp3) is 0.367. The molecule has 1 saturated carbocycles. The molecular formula is C30H30N6O. The highest BCUT2D eigenvalue weighted by atomic mass is 16.1. The van der Waals surface area contributed by atoms with Crippen molar-refractivity contribution in [3.63, 3.8) is 0 Å². The Balaban J connectivity index is 1.10. The number of aromatic nitrogens is 4. The first kappa shape index (κ1) is 21.4. The molecular weight excluding hydrogens is 460 g/mol. The molecule has 3 aliphatic carbocycles. The zero-order chi connectivity index (χ0) is 24.8. The topological polar surface area (TPSA) is 104 Å². The Bertz CT molecular complexity index is 1650. The molecule has 37 heavy (non-hydrogen) atoms. The van der Waals surface area contributed by atoms with Crippen molar-refractivity contribution in [3.8, 4) is 0 Å². The molecule has 2 spiro atoms. The number of fused-ring (bicyclic) bond motifs is 4. The number of piperidine rings is 1. The molecule has 186 valence electrons. The van der Waals surface area contributed by atoms with Gasteiger partial charge in [0.15, 0.2) is 5.65 Å². The van der Waals surface area contributed by atoms with Crippen molar-refractivity contribution in [1.29, 1.82) is 0 Å². The maximum Gasteiger partial charge on any atom is 0.264 e. The summed E-state index contributed by atoms with van der Waals surface area (Å²) < 4.78 is 0. The minimum Gasteiger partial charge on any atom is -0.342 e. The largest absolute Gasteiger partial charge is 0.342 e. The second-order valence-corrected chi connectivity index (χ2v) is 11.5. The quantitative estimate of drug-likeness (QED) is 0.387. The maximum absolute atomic E-state index is 13.4. The van der Waals surface area contributed by atoms with Gasteiger partial charge in [0, 0.05) is 24.7 Å². The lowest BCUT2D eigenvalue weighted by Gasteiger charge is -2.42. The monoisotopic (exact) mass is 490 g/mol. The van der Waals surface area contributed by atoms with Gasteiger partial charge in [0.05, 0.1) is 0 Å². The van der Waals surface area contributed by atoms with Crippen LogP contribution in [-0.4, -0.2) is 33.3 Å². The molecule has 4 N–H and O–H groups in total. The second-order valence-electron chi connectivity index (χ2n) is 11.5. The number of nitrogens with two attached hydrogens (primary N) is 1. The molecule has 4 aliphatic rings. The third-order valence-corrected chi connectivity index (χ3v) is 9.66. The van der Waals surface area contributed by atoms with Crippen LogP contribution in [0.15, 0.2) is 59.4 Å². The van der Waals surface area contributed by atoms with E-state index in [9.17, 15) is 4.79 Å². The summed E-state index contributed by atoms with van der Waals surface area (Å²) >= 11 is 0. The van der Waals surface area contributed by atoms with Crippen LogP contribution in [0.2, 0.25) is 0 Å². The van der Waals surface area contributed by atoms with Gasteiger partial charge in [-0.05, 0) is 71.6 Å². The Morgan fingerprint density at radius 1 is 1.00 bits per heavy atom. The molecule has 7 nitrogen and oxygen atoms in total. The molecule has 1 saturated heterocycles. The lowest BCUT2D eigenvalue weighted by atomic mass is 9.73. The minimum absolute atomic E-state index is 0.0666. The van der Waals surface area contributed by atoms with Crippen molar-refractivity contribution in [3.05, 3.63) is 92.9 Å². The summed E-state index contributed by atoms with van der Waals surface area (Å²) in [6.45, 7) is 1.63. The fourth-order valence-corrected chi connectivity index (χ4v) is 7.29. The van der Waals surface area contributed by atoms with Crippen LogP contribution in [0.3, 0.4) is 0 Å². The third kappa shape index (κ3) is 3.01. The molecule has 7 heteroatoms. The molecule has 0 bridgehead atoms. The van der Waals surface area contributed by atoms with E-state index in [1.54, 1.807) is 0 Å². The molecule has 0 amide bonds. The van der Waals surface area contributed by atoms with Crippen molar-refractivity contribution in [2.75, 3.05) is 18.0 Å². The standard InChI is InChI=1S/C30H30N6O/c31-25-19-6-2-1-5-18(19)17-30(25)13-15-36(16-14-30)28-32-26-23(27(37)33-28)24(34-35-26)21-9-10-29(11-12-29)22-8-4-3-7-20(21)22/h1-9,25H,10-17,31H2,(H2,32,33,34,35,37)/t25-/m1/s1. The van der Waals surface area contributed by atoms with Crippen molar-refractivity contribution in [1.82, 2.24) is 20.2 Å². The molecule has 1 aliphatic heterocycles. The molecule has 2 aromatic carbocycles. The van der Waals surface area contributed by atoms with Crippen LogP contribution >= 0.6 is 0 Å². The first-order valence-electron chi connectivity index (χ1n) is 13.4. The lowest BCUT2D eigenvalue weighted by Crippen LogP contribution is -2.45. The van der Waals surface area contributed by atoms with Gasteiger partial charge in [-0.3, -0.25) is 14.9 Å². The van der Waals surface area contributed by atoms with E-state index < -0.39 is 0 Å². The van der Waals surface area contributed by atoms with Gasteiger partial charge in [0.25, 0.3) is 5.56 Å². The van der Waals surface area contributed by atoms with Gasteiger partial charge in [-0.15, -0.1) is 0 Å². The summed E-state index contributed by atoms with van der Waals surface area (Å²) in [4.78, 5) is 23.6. The number of rotatable bonds is 2. The zero-order valence-electron chi connectivity index (χ0n) is 20.8. The summed E-state index contributed by atoms with van der Waals surface area (Å²) in [5, 5.41) is 8.23. The average molecular weight is 491 g/mol. The molecule has 0 radical (unpaired) electrons. The molecule has 3 heterocycles. The van der Waals surface area contributed by atoms with Crippen LogP contribution in [0.25, 0.3) is 16.6 Å². The van der Waals surface area contributed by atoms with Crippen molar-refractivity contribution in [2.45, 2.75) is 50.0 Å². The van der Waals surface area contributed by atoms with Gasteiger partial charge in [0.1, 0.15) is 11.1 Å². The molecule has 1 atom stereocenters. The number of benzene rings is 2. The highest BCUT2D eigenvalue weighted by Gasteiger charge is 2.47. The lowest BCUT2D eigenvalue weighted by molar-refractivity contribution is 0.187. The normalized spacial score (nSPS) is 22.8. The molecule has 2 fully saturated rings. The fourth-order valence-electron chi connectivity index (χ4n) is 7.29. The number of hydrogen-bond acceptors (Lipinski definition) is 5. The van der Waals surface area contributed by atoms with E-state index in [0.29, 0.717) is 28.1 Å². The molecule has 8 rings (SSSR count). The Hall–Kier alpha value is -3.71. The van der Waals surface area contributed by atoms with Gasteiger partial charge in [-0.2, -0.15) is 10.1 Å². The minimum atomic E-state index is -0.140. The number of aromatic amines is 2. The van der Waals surface area contributed by atoms with Crippen LogP contribution in [0.5, 0.6) is 0 Å². The van der Waals surface area contributed by atoms with Crippen molar-refractivity contribution >= 4 is 22.6 Å². The second kappa shape index (κ2) is 7.42. The predicted octanol–water partition coefficient (Wildman–Crippen LogP) is 4.36. The first-order chi connectivity index (χ1) is 18.1. The van der Waals surface area contributed by atoms with E-state index in [0.717, 1.165) is 44.3 Å². The Morgan fingerprint density at radius 2 is 1.78 bits per heavy atom. The van der Waals surface area contributed by atoms with Crippen LogP contribution in [0.4, 0.5) is 5.95 Å². The highest BCUT2D eigenvalue weighted by Crippen LogP contribution is 2.56. The van der Waals surface area contributed by atoms with E-state index in [2.05, 4.69) is 74.7 Å². The number of anilines is 1. The SMILES string of the molecule is N[C@@H]1c2ccccc2CC12CCN(c1nc3[nH]nc(C4=CCC5(CC5)c5ccccc54)c3c(=O)[nH]1)CC2. The van der Waals surface area contributed by atoms with E-state index in [-0.39, 0.29) is 17.0 Å². The van der Waals surface area contributed by atoms with Gasteiger partial charge in [-0.1, -0.05) is 54.6 Å². The smallest absolute Gasteiger partial charge is 0.264 e. The van der Waals surface area contributed by atoms with Crippen molar-refractivity contribution in [2.24, 2.45) is 11.1 Å². The Kier molecular flexibility index (Phi) is 4.29. The van der Waals surface area contributed by atoms with Crippen LogP contribution in [-0.2, 0) is 11.8 Å². The average Bonchev–Trinajstić information content (AvgIpc) is 3.49. The van der Waals surface area contributed by atoms with E-state index in [1.807, 2.05) is 0 Å². The van der Waals surface area contributed by atoms with Crippen LogP contribution in [0, 0.1) is 5.41 Å². The summed E-state index contributed by atoms with van der Waals surface area (Å²) in [5.74, 6) is 0.613. The molecule has 4 aromatic rings. The van der Waals surface area contributed by atoms with Crippen LogP contribution in [0.1, 0.15) is 66.1 Å². The van der Waals surface area contributed by atoms with Gasteiger partial charge in [-0.25, -0.2) is 0 Å². The summed E-state index contributed by atoms with van der Waals surface area (Å²) in [6, 6.07) is 17.2. The van der Waals surface area contributed by atoms with Gasteiger partial charge in [0.2, 0.25) is 5.95 Å². The van der Waals surface area contributed by atoms with E-state index in [1.165, 1.54) is 35.1 Å². The predicted molar refractivity (Wildman–Crippen MR) is 145 cm³/mol. The Morgan fingerprint density at radius 3 is 2.59 bits per heavy atom. The van der Waals surface area contributed by atoms with E-state index in [4.69, 9.17) is 10.7 Å². The zero-order valence-corrected chi connectivity index (χ0v) is 20.8. The number of nitrogens with one attached hydrogen (secondary N) is 2.